The van der Waals surface area contributed by atoms with E-state index in [1.807, 2.05) is 18.2 Å². The summed E-state index contributed by atoms with van der Waals surface area (Å²) in [5.74, 6) is -0.983. The van der Waals surface area contributed by atoms with Crippen LogP contribution in [0.2, 0.25) is 0 Å². The third-order valence-corrected chi connectivity index (χ3v) is 5.07. The molecular weight excluding hydrogens is 366 g/mol. The van der Waals surface area contributed by atoms with E-state index >= 15 is 0 Å². The van der Waals surface area contributed by atoms with E-state index in [2.05, 4.69) is 54.0 Å². The van der Waals surface area contributed by atoms with Crippen LogP contribution < -0.4 is 10.6 Å². The first-order chi connectivity index (χ1) is 14.2. The second-order valence-electron chi connectivity index (χ2n) is 7.26. The molecule has 1 aliphatic heterocycles. The SMILES string of the molecule is CCNCc1ccccc1.Fc1ccc(CC2Cc3ccccc3CN2)c(F)c1. The summed E-state index contributed by atoms with van der Waals surface area (Å²) in [6.07, 6.45) is 1.47. The van der Waals surface area contributed by atoms with Gasteiger partial charge in [0.1, 0.15) is 11.6 Å². The van der Waals surface area contributed by atoms with E-state index < -0.39 is 11.6 Å². The smallest absolute Gasteiger partial charge is 0.129 e. The van der Waals surface area contributed by atoms with E-state index in [0.717, 1.165) is 32.1 Å². The summed E-state index contributed by atoms with van der Waals surface area (Å²) >= 11 is 0. The molecule has 0 radical (unpaired) electrons. The standard InChI is InChI=1S/C16H15F2N.C9H13N/c17-14-6-5-12(16(18)9-14)8-15-7-11-3-1-2-4-13(11)10-19-15;1-2-10-8-9-6-4-3-5-7-9/h1-6,9,15,19H,7-8,10H2;3-7,10H,2,8H2,1H3. The highest BCUT2D eigenvalue weighted by molar-refractivity contribution is 5.31. The van der Waals surface area contributed by atoms with E-state index in [1.54, 1.807) is 0 Å². The van der Waals surface area contributed by atoms with Gasteiger partial charge in [0.2, 0.25) is 0 Å². The highest BCUT2D eigenvalue weighted by atomic mass is 19.1. The van der Waals surface area contributed by atoms with Crippen LogP contribution in [-0.4, -0.2) is 12.6 Å². The first-order valence-electron chi connectivity index (χ1n) is 10.1. The van der Waals surface area contributed by atoms with Crippen LogP contribution in [0.15, 0.2) is 72.8 Å². The summed E-state index contributed by atoms with van der Waals surface area (Å²) < 4.78 is 26.5. The Kier molecular flexibility index (Phi) is 7.91. The van der Waals surface area contributed by atoms with Crippen molar-refractivity contribution in [3.63, 3.8) is 0 Å². The van der Waals surface area contributed by atoms with Crippen molar-refractivity contribution >= 4 is 0 Å². The third-order valence-electron chi connectivity index (χ3n) is 5.07. The number of hydrogen-bond donors (Lipinski definition) is 2. The van der Waals surface area contributed by atoms with Gasteiger partial charge < -0.3 is 10.6 Å². The van der Waals surface area contributed by atoms with Crippen LogP contribution in [0.1, 0.15) is 29.2 Å². The van der Waals surface area contributed by atoms with Gasteiger partial charge in [0, 0.05) is 25.2 Å². The van der Waals surface area contributed by atoms with Crippen LogP contribution in [0.25, 0.3) is 0 Å². The van der Waals surface area contributed by atoms with Gasteiger partial charge in [-0.25, -0.2) is 8.78 Å². The average Bonchev–Trinajstić information content (AvgIpc) is 2.75. The predicted octanol–water partition coefficient (Wildman–Crippen LogP) is 5.02. The Morgan fingerprint density at radius 1 is 0.931 bits per heavy atom. The molecular formula is C25H28F2N2. The van der Waals surface area contributed by atoms with Gasteiger partial charge in [-0.15, -0.1) is 0 Å². The maximum absolute atomic E-state index is 13.6. The Morgan fingerprint density at radius 3 is 2.38 bits per heavy atom. The molecule has 0 aromatic heterocycles. The number of hydrogen-bond acceptors (Lipinski definition) is 2. The molecule has 4 rings (SSSR count). The van der Waals surface area contributed by atoms with Gasteiger partial charge in [0.05, 0.1) is 0 Å². The van der Waals surface area contributed by atoms with Gasteiger partial charge in [-0.1, -0.05) is 67.6 Å². The topological polar surface area (TPSA) is 24.1 Å². The molecule has 0 saturated heterocycles. The lowest BCUT2D eigenvalue weighted by Gasteiger charge is -2.26. The summed E-state index contributed by atoms with van der Waals surface area (Å²) in [6, 6.07) is 22.7. The van der Waals surface area contributed by atoms with Crippen molar-refractivity contribution < 1.29 is 8.78 Å². The molecule has 0 fully saturated rings. The summed E-state index contributed by atoms with van der Waals surface area (Å²) in [7, 11) is 0. The van der Waals surface area contributed by atoms with Crippen LogP contribution in [0, 0.1) is 11.6 Å². The van der Waals surface area contributed by atoms with Crippen LogP contribution in [-0.2, 0) is 25.9 Å². The Balaban J connectivity index is 0.000000204. The van der Waals surface area contributed by atoms with Crippen molar-refractivity contribution in [3.05, 3.63) is 107 Å². The minimum absolute atomic E-state index is 0.204. The van der Waals surface area contributed by atoms with Gasteiger partial charge >= 0.3 is 0 Å². The Morgan fingerprint density at radius 2 is 1.66 bits per heavy atom. The Labute approximate surface area is 172 Å². The quantitative estimate of drug-likeness (QED) is 0.635. The molecule has 1 unspecified atom stereocenters. The van der Waals surface area contributed by atoms with Crippen LogP contribution >= 0.6 is 0 Å². The fraction of sp³-hybridized carbons (Fsp3) is 0.280. The maximum Gasteiger partial charge on any atom is 0.129 e. The summed E-state index contributed by atoms with van der Waals surface area (Å²) in [6.45, 7) is 4.94. The summed E-state index contributed by atoms with van der Waals surface area (Å²) in [5, 5.41) is 6.67. The van der Waals surface area contributed by atoms with Crippen molar-refractivity contribution in [2.24, 2.45) is 0 Å². The summed E-state index contributed by atoms with van der Waals surface area (Å²) in [4.78, 5) is 0. The molecule has 4 heteroatoms. The third kappa shape index (κ3) is 6.48. The van der Waals surface area contributed by atoms with E-state index in [1.165, 1.54) is 28.8 Å². The lowest BCUT2D eigenvalue weighted by Crippen LogP contribution is -2.37. The molecule has 1 heterocycles. The van der Waals surface area contributed by atoms with Crippen molar-refractivity contribution in [2.75, 3.05) is 6.54 Å². The van der Waals surface area contributed by atoms with E-state index in [4.69, 9.17) is 0 Å². The molecule has 1 aliphatic rings. The van der Waals surface area contributed by atoms with Crippen molar-refractivity contribution in [3.8, 4) is 0 Å². The van der Waals surface area contributed by atoms with Crippen molar-refractivity contribution in [2.45, 2.75) is 38.9 Å². The molecule has 3 aromatic carbocycles. The first kappa shape index (κ1) is 21.2. The molecule has 1 atom stereocenters. The van der Waals surface area contributed by atoms with Crippen LogP contribution in [0.5, 0.6) is 0 Å². The average molecular weight is 395 g/mol. The van der Waals surface area contributed by atoms with Crippen LogP contribution in [0.3, 0.4) is 0 Å². The first-order valence-corrected chi connectivity index (χ1v) is 10.1. The fourth-order valence-corrected chi connectivity index (χ4v) is 3.48. The zero-order chi connectivity index (χ0) is 20.5. The molecule has 3 aromatic rings. The second kappa shape index (κ2) is 10.8. The van der Waals surface area contributed by atoms with Gasteiger partial charge in [-0.3, -0.25) is 0 Å². The number of rotatable bonds is 5. The summed E-state index contributed by atoms with van der Waals surface area (Å²) in [5.41, 5.74) is 4.54. The Hall–Kier alpha value is -2.56. The maximum atomic E-state index is 13.6. The molecule has 0 spiro atoms. The lowest BCUT2D eigenvalue weighted by molar-refractivity contribution is 0.466. The Bertz CT molecular complexity index is 896. The molecule has 0 amide bonds. The van der Waals surface area contributed by atoms with E-state index in [0.29, 0.717) is 12.0 Å². The molecule has 0 saturated carbocycles. The molecule has 0 aliphatic carbocycles. The van der Waals surface area contributed by atoms with E-state index in [9.17, 15) is 8.78 Å². The van der Waals surface area contributed by atoms with Gasteiger partial charge in [0.25, 0.3) is 0 Å². The molecule has 0 bridgehead atoms. The normalized spacial score (nSPS) is 15.2. The predicted molar refractivity (Wildman–Crippen MR) is 115 cm³/mol. The zero-order valence-electron chi connectivity index (χ0n) is 16.8. The zero-order valence-corrected chi connectivity index (χ0v) is 16.8. The minimum atomic E-state index is -0.525. The van der Waals surface area contributed by atoms with Crippen LogP contribution in [0.4, 0.5) is 8.78 Å². The largest absolute Gasteiger partial charge is 0.313 e. The number of nitrogens with one attached hydrogen (secondary N) is 2. The number of fused-ring (bicyclic) bond motifs is 1. The number of benzene rings is 3. The highest BCUT2D eigenvalue weighted by Gasteiger charge is 2.19. The lowest BCUT2D eigenvalue weighted by atomic mass is 9.92. The molecule has 29 heavy (non-hydrogen) atoms. The fourth-order valence-electron chi connectivity index (χ4n) is 3.48. The van der Waals surface area contributed by atoms with Gasteiger partial charge in [-0.2, -0.15) is 0 Å². The van der Waals surface area contributed by atoms with Crippen molar-refractivity contribution in [1.82, 2.24) is 10.6 Å². The highest BCUT2D eigenvalue weighted by Crippen LogP contribution is 2.20. The van der Waals surface area contributed by atoms with Crippen molar-refractivity contribution in [1.29, 1.82) is 0 Å². The van der Waals surface area contributed by atoms with Gasteiger partial charge in [0.15, 0.2) is 0 Å². The van der Waals surface area contributed by atoms with E-state index in [-0.39, 0.29) is 6.04 Å². The second-order valence-corrected chi connectivity index (χ2v) is 7.26. The number of halogens is 2. The minimum Gasteiger partial charge on any atom is -0.313 e. The molecule has 152 valence electrons. The van der Waals surface area contributed by atoms with Gasteiger partial charge in [-0.05, 0) is 47.7 Å². The molecule has 2 N–H and O–H groups in total. The molecule has 2 nitrogen and oxygen atoms in total. The monoisotopic (exact) mass is 394 g/mol.